The highest BCUT2D eigenvalue weighted by atomic mass is 32.1. The summed E-state index contributed by atoms with van der Waals surface area (Å²) in [6.07, 6.45) is -4.43. The summed E-state index contributed by atoms with van der Waals surface area (Å²) in [6, 6.07) is 3.67. The van der Waals surface area contributed by atoms with Gasteiger partial charge in [0, 0.05) is 6.54 Å². The van der Waals surface area contributed by atoms with Gasteiger partial charge in [-0.1, -0.05) is 0 Å². The average Bonchev–Trinajstić information content (AvgIpc) is 2.91. The maximum Gasteiger partial charge on any atom is 0.398 e. The van der Waals surface area contributed by atoms with Crippen LogP contribution in [-0.2, 0) is 0 Å². The number of rotatable bonds is 4. The van der Waals surface area contributed by atoms with Gasteiger partial charge >= 0.3 is 6.18 Å². The molecule has 0 saturated carbocycles. The minimum atomic E-state index is -4.43. The first-order valence-electron chi connectivity index (χ1n) is 6.22. The molecule has 2 heterocycles. The molecule has 0 aromatic carbocycles. The van der Waals surface area contributed by atoms with Crippen molar-refractivity contribution in [3.63, 3.8) is 0 Å². The largest absolute Gasteiger partial charge is 0.398 e. The molecule has 0 aliphatic heterocycles. The fourth-order valence-corrected chi connectivity index (χ4v) is 2.47. The molecule has 5 nitrogen and oxygen atoms in total. The van der Waals surface area contributed by atoms with Gasteiger partial charge in [-0.2, -0.15) is 28.1 Å². The first-order valence-corrected chi connectivity index (χ1v) is 7.10. The van der Waals surface area contributed by atoms with Crippen LogP contribution < -0.4 is 10.6 Å². The third-order valence-electron chi connectivity index (χ3n) is 2.87. The normalized spacial score (nSPS) is 13.2. The average molecular weight is 317 g/mol. The molecule has 1 unspecified atom stereocenters. The second-order valence-electron chi connectivity index (χ2n) is 4.31. The zero-order valence-electron chi connectivity index (χ0n) is 11.4. The van der Waals surface area contributed by atoms with Crippen LogP contribution in [-0.4, -0.2) is 27.7 Å². The lowest BCUT2D eigenvalue weighted by Crippen LogP contribution is -2.24. The van der Waals surface area contributed by atoms with E-state index < -0.39 is 12.1 Å². The van der Waals surface area contributed by atoms with E-state index >= 15 is 0 Å². The predicted molar refractivity (Wildman–Crippen MR) is 75.7 cm³/mol. The molecule has 0 saturated heterocycles. The summed E-state index contributed by atoms with van der Waals surface area (Å²) in [5, 5.41) is 2.69. The fourth-order valence-electron chi connectivity index (χ4n) is 1.68. The lowest BCUT2D eigenvalue weighted by Gasteiger charge is -2.21. The third kappa shape index (κ3) is 3.41. The Labute approximate surface area is 123 Å². The summed E-state index contributed by atoms with van der Waals surface area (Å²) in [5.41, 5.74) is 5.53. The van der Waals surface area contributed by atoms with Crippen molar-refractivity contribution in [3.8, 4) is 0 Å². The van der Waals surface area contributed by atoms with Crippen LogP contribution >= 0.6 is 11.3 Å². The first kappa shape index (κ1) is 15.5. The Kier molecular flexibility index (Phi) is 4.31. The number of nitrogens with two attached hydrogens (primary N) is 1. The molecule has 0 aliphatic rings. The van der Waals surface area contributed by atoms with E-state index in [9.17, 15) is 13.2 Å². The van der Waals surface area contributed by atoms with E-state index in [1.807, 2.05) is 24.4 Å². The Morgan fingerprint density at radius 2 is 2.05 bits per heavy atom. The van der Waals surface area contributed by atoms with Gasteiger partial charge in [0.2, 0.25) is 11.9 Å². The van der Waals surface area contributed by atoms with E-state index in [2.05, 4.69) is 15.0 Å². The second-order valence-corrected chi connectivity index (χ2v) is 5.24. The number of alkyl halides is 3. The van der Waals surface area contributed by atoms with E-state index in [0.717, 1.165) is 11.9 Å². The molecule has 9 heteroatoms. The standard InChI is InChI=1S/C12H14F3N5S/c1-3-20(8-5-4-6-21-8)11-18-9(17-10(16)19-11)7(2)12(13,14)15/h4-7H,3H2,1-2H3,(H2,16,17,18,19). The van der Waals surface area contributed by atoms with Crippen molar-refractivity contribution in [2.45, 2.75) is 25.9 Å². The number of hydrogen-bond donors (Lipinski definition) is 1. The molecule has 2 aromatic rings. The summed E-state index contributed by atoms with van der Waals surface area (Å²) in [4.78, 5) is 13.2. The Balaban J connectivity index is 2.43. The summed E-state index contributed by atoms with van der Waals surface area (Å²) in [6.45, 7) is 3.36. The molecular formula is C12H14F3N5S. The van der Waals surface area contributed by atoms with Crippen LogP contribution in [0.5, 0.6) is 0 Å². The molecule has 21 heavy (non-hydrogen) atoms. The number of nitrogen functional groups attached to an aromatic ring is 1. The van der Waals surface area contributed by atoms with Gasteiger partial charge in [-0.3, -0.25) is 0 Å². The molecule has 2 aromatic heterocycles. The lowest BCUT2D eigenvalue weighted by atomic mass is 10.1. The smallest absolute Gasteiger partial charge is 0.368 e. The van der Waals surface area contributed by atoms with Crippen LogP contribution in [0.25, 0.3) is 0 Å². The van der Waals surface area contributed by atoms with Gasteiger partial charge in [0.15, 0.2) is 0 Å². The van der Waals surface area contributed by atoms with Crippen LogP contribution in [0.15, 0.2) is 17.5 Å². The minimum Gasteiger partial charge on any atom is -0.368 e. The summed E-state index contributed by atoms with van der Waals surface area (Å²) in [7, 11) is 0. The van der Waals surface area contributed by atoms with Gasteiger partial charge in [-0.25, -0.2) is 0 Å². The molecule has 0 aliphatic carbocycles. The molecule has 0 amide bonds. The number of anilines is 3. The van der Waals surface area contributed by atoms with Crippen LogP contribution in [0.4, 0.5) is 30.1 Å². The fraction of sp³-hybridized carbons (Fsp3) is 0.417. The van der Waals surface area contributed by atoms with Gasteiger partial charge in [0.25, 0.3) is 0 Å². The monoisotopic (exact) mass is 317 g/mol. The Morgan fingerprint density at radius 3 is 2.57 bits per heavy atom. The maximum atomic E-state index is 12.8. The highest BCUT2D eigenvalue weighted by Crippen LogP contribution is 2.34. The lowest BCUT2D eigenvalue weighted by molar-refractivity contribution is -0.147. The van der Waals surface area contributed by atoms with Crippen molar-refractivity contribution in [1.29, 1.82) is 0 Å². The molecule has 2 rings (SSSR count). The summed E-state index contributed by atoms with van der Waals surface area (Å²) >= 11 is 1.44. The van der Waals surface area contributed by atoms with Crippen LogP contribution in [0, 0.1) is 0 Å². The second kappa shape index (κ2) is 5.84. The van der Waals surface area contributed by atoms with Crippen molar-refractivity contribution in [1.82, 2.24) is 15.0 Å². The van der Waals surface area contributed by atoms with Crippen molar-refractivity contribution < 1.29 is 13.2 Å². The Bertz CT molecular complexity index is 599. The number of nitrogens with zero attached hydrogens (tertiary/aromatic N) is 4. The first-order chi connectivity index (χ1) is 9.82. The van der Waals surface area contributed by atoms with Crippen molar-refractivity contribution in [3.05, 3.63) is 23.3 Å². The van der Waals surface area contributed by atoms with E-state index in [4.69, 9.17) is 5.73 Å². The molecule has 0 spiro atoms. The van der Waals surface area contributed by atoms with Gasteiger partial charge in [0.05, 0.1) is 5.00 Å². The summed E-state index contributed by atoms with van der Waals surface area (Å²) in [5.74, 6) is -2.27. The van der Waals surface area contributed by atoms with Gasteiger partial charge in [-0.05, 0) is 31.4 Å². The zero-order chi connectivity index (χ0) is 15.6. The molecule has 0 radical (unpaired) electrons. The van der Waals surface area contributed by atoms with Gasteiger partial charge < -0.3 is 10.6 Å². The SMILES string of the molecule is CCN(c1nc(N)nc(C(C)C(F)(F)F)n1)c1cccs1. The van der Waals surface area contributed by atoms with E-state index in [1.165, 1.54) is 11.3 Å². The van der Waals surface area contributed by atoms with Gasteiger partial charge in [0.1, 0.15) is 11.7 Å². The molecule has 1 atom stereocenters. The molecule has 114 valence electrons. The van der Waals surface area contributed by atoms with E-state index in [0.29, 0.717) is 6.54 Å². The summed E-state index contributed by atoms with van der Waals surface area (Å²) < 4.78 is 38.4. The maximum absolute atomic E-state index is 12.8. The quantitative estimate of drug-likeness (QED) is 0.936. The van der Waals surface area contributed by atoms with Crippen LogP contribution in [0.1, 0.15) is 25.6 Å². The van der Waals surface area contributed by atoms with Crippen molar-refractivity contribution in [2.24, 2.45) is 0 Å². The van der Waals surface area contributed by atoms with Crippen molar-refractivity contribution in [2.75, 3.05) is 17.2 Å². The number of aromatic nitrogens is 3. The minimum absolute atomic E-state index is 0.124. The molecular weight excluding hydrogens is 303 g/mol. The third-order valence-corrected chi connectivity index (χ3v) is 3.76. The van der Waals surface area contributed by atoms with E-state index in [1.54, 1.807) is 4.90 Å². The number of thiophene rings is 1. The predicted octanol–water partition coefficient (Wildman–Crippen LogP) is 3.34. The van der Waals surface area contributed by atoms with Crippen LogP contribution in [0.3, 0.4) is 0 Å². The highest BCUT2D eigenvalue weighted by molar-refractivity contribution is 7.14. The van der Waals surface area contributed by atoms with Crippen LogP contribution in [0.2, 0.25) is 0 Å². The topological polar surface area (TPSA) is 67.9 Å². The number of hydrogen-bond acceptors (Lipinski definition) is 6. The molecule has 2 N–H and O–H groups in total. The van der Waals surface area contributed by atoms with Crippen molar-refractivity contribution >= 4 is 28.2 Å². The highest BCUT2D eigenvalue weighted by Gasteiger charge is 2.39. The van der Waals surface area contributed by atoms with E-state index in [-0.39, 0.29) is 17.7 Å². The van der Waals surface area contributed by atoms with Gasteiger partial charge in [-0.15, -0.1) is 11.3 Å². The molecule has 0 bridgehead atoms. The Morgan fingerprint density at radius 1 is 1.33 bits per heavy atom. The Hall–Kier alpha value is -1.90. The molecule has 0 fully saturated rings. The zero-order valence-corrected chi connectivity index (χ0v) is 12.2. The number of halogens is 3.